The number of nitrogens with zero attached hydrogens (tertiary/aromatic N) is 3. The molecule has 0 aliphatic heterocycles. The Morgan fingerprint density at radius 1 is 1.19 bits per heavy atom. The number of aromatic nitrogens is 3. The summed E-state index contributed by atoms with van der Waals surface area (Å²) in [6.45, 7) is 1.70. The Morgan fingerprint density at radius 3 is 2.59 bits per heavy atom. The van der Waals surface area contributed by atoms with Crippen molar-refractivity contribution in [2.24, 2.45) is 7.05 Å². The van der Waals surface area contributed by atoms with E-state index in [1.165, 1.54) is 4.40 Å². The van der Waals surface area contributed by atoms with E-state index >= 15 is 0 Å². The van der Waals surface area contributed by atoms with Crippen LogP contribution in [0.3, 0.4) is 0 Å². The van der Waals surface area contributed by atoms with Gasteiger partial charge in [-0.1, -0.05) is 17.7 Å². The Kier molecular flexibility index (Phi) is 3.82. The van der Waals surface area contributed by atoms with Gasteiger partial charge in [0.05, 0.1) is 27.3 Å². The van der Waals surface area contributed by atoms with Gasteiger partial charge in [0, 0.05) is 24.4 Å². The van der Waals surface area contributed by atoms with Crippen LogP contribution >= 0.6 is 11.6 Å². The minimum absolute atomic E-state index is 0.0644. The van der Waals surface area contributed by atoms with E-state index in [-0.39, 0.29) is 16.1 Å². The van der Waals surface area contributed by atoms with Gasteiger partial charge in [0.2, 0.25) is 0 Å². The molecule has 0 radical (unpaired) electrons. The molecule has 0 spiro atoms. The van der Waals surface area contributed by atoms with Gasteiger partial charge in [-0.25, -0.2) is 4.98 Å². The maximum atomic E-state index is 13.9. The van der Waals surface area contributed by atoms with Crippen LogP contribution in [0.25, 0.3) is 27.7 Å². The Hall–Kier alpha value is -2.80. The third-order valence-corrected chi connectivity index (χ3v) is 5.13. The standard InChI is InChI=1S/C19H13ClF3N3O/c1-10-24-18-15(25(10)2)8-13(19(21,22)23)16(17(18)20)12-4-3-7-26-11(9-27)5-6-14(12)26/h3-9H,1-2H3. The number of rotatable bonds is 2. The minimum Gasteiger partial charge on any atom is -0.331 e. The van der Waals surface area contributed by atoms with Gasteiger partial charge >= 0.3 is 6.18 Å². The number of hydrogen-bond acceptors (Lipinski definition) is 2. The van der Waals surface area contributed by atoms with Gasteiger partial charge in [-0.15, -0.1) is 0 Å². The fourth-order valence-electron chi connectivity index (χ4n) is 3.35. The maximum Gasteiger partial charge on any atom is 0.417 e. The number of pyridine rings is 1. The number of carbonyl (C=O) groups is 1. The summed E-state index contributed by atoms with van der Waals surface area (Å²) in [4.78, 5) is 15.5. The topological polar surface area (TPSA) is 39.3 Å². The van der Waals surface area contributed by atoms with E-state index in [9.17, 15) is 18.0 Å². The second-order valence-corrected chi connectivity index (χ2v) is 6.63. The lowest BCUT2D eigenvalue weighted by atomic mass is 9.97. The van der Waals surface area contributed by atoms with Crippen LogP contribution in [0.4, 0.5) is 13.2 Å². The van der Waals surface area contributed by atoms with E-state index in [4.69, 9.17) is 11.6 Å². The van der Waals surface area contributed by atoms with Crippen LogP contribution in [-0.2, 0) is 13.2 Å². The van der Waals surface area contributed by atoms with E-state index in [1.807, 2.05) is 0 Å². The van der Waals surface area contributed by atoms with E-state index < -0.39 is 11.7 Å². The van der Waals surface area contributed by atoms with Crippen molar-refractivity contribution in [3.8, 4) is 11.1 Å². The lowest BCUT2D eigenvalue weighted by Gasteiger charge is -2.17. The first-order chi connectivity index (χ1) is 12.7. The molecule has 0 amide bonds. The summed E-state index contributed by atoms with van der Waals surface area (Å²) in [5, 5.41) is -0.0644. The van der Waals surface area contributed by atoms with Crippen LogP contribution in [-0.4, -0.2) is 20.2 Å². The van der Waals surface area contributed by atoms with E-state index in [0.717, 1.165) is 6.07 Å². The number of halogens is 4. The third kappa shape index (κ3) is 2.53. The molecule has 4 rings (SSSR count). The maximum absolute atomic E-state index is 13.9. The predicted octanol–water partition coefficient (Wildman–Crippen LogP) is 5.29. The van der Waals surface area contributed by atoms with Crippen LogP contribution in [0.1, 0.15) is 21.9 Å². The van der Waals surface area contributed by atoms with E-state index in [1.54, 1.807) is 49.0 Å². The number of fused-ring (bicyclic) bond motifs is 2. The molecule has 3 heterocycles. The van der Waals surface area contributed by atoms with Crippen molar-refractivity contribution in [2.75, 3.05) is 0 Å². The highest BCUT2D eigenvalue weighted by Gasteiger charge is 2.37. The van der Waals surface area contributed by atoms with Crippen molar-refractivity contribution < 1.29 is 18.0 Å². The first-order valence-corrected chi connectivity index (χ1v) is 8.40. The molecule has 0 fully saturated rings. The van der Waals surface area contributed by atoms with Crippen LogP contribution in [0, 0.1) is 6.92 Å². The fourth-order valence-corrected chi connectivity index (χ4v) is 3.70. The fraction of sp³-hybridized carbons (Fsp3) is 0.158. The SMILES string of the molecule is Cc1nc2c(Cl)c(-c3cccn4c(C=O)ccc34)c(C(F)(F)F)cc2n1C. The highest BCUT2D eigenvalue weighted by Crippen LogP contribution is 2.45. The smallest absolute Gasteiger partial charge is 0.331 e. The quantitative estimate of drug-likeness (QED) is 0.436. The van der Waals surface area contributed by atoms with Crippen molar-refractivity contribution in [1.29, 1.82) is 0 Å². The molecule has 8 heteroatoms. The predicted molar refractivity (Wildman–Crippen MR) is 97.2 cm³/mol. The molecule has 0 saturated carbocycles. The number of carbonyl (C=O) groups excluding carboxylic acids is 1. The highest BCUT2D eigenvalue weighted by molar-refractivity contribution is 6.38. The van der Waals surface area contributed by atoms with Gasteiger partial charge in [-0.2, -0.15) is 13.2 Å². The van der Waals surface area contributed by atoms with Crippen molar-refractivity contribution in [1.82, 2.24) is 14.0 Å². The van der Waals surface area contributed by atoms with Crippen molar-refractivity contribution in [3.63, 3.8) is 0 Å². The molecule has 27 heavy (non-hydrogen) atoms. The molecule has 0 bridgehead atoms. The summed E-state index contributed by atoms with van der Waals surface area (Å²) in [6, 6.07) is 7.37. The average molecular weight is 392 g/mol. The van der Waals surface area contributed by atoms with E-state index in [0.29, 0.717) is 34.4 Å². The zero-order chi connectivity index (χ0) is 19.5. The molecule has 4 nitrogen and oxygen atoms in total. The average Bonchev–Trinajstić information content (AvgIpc) is 3.16. The molecule has 0 atom stereocenters. The number of imidazole rings is 1. The summed E-state index contributed by atoms with van der Waals surface area (Å²) in [6.07, 6.45) is -2.35. The first-order valence-electron chi connectivity index (χ1n) is 8.02. The monoisotopic (exact) mass is 391 g/mol. The summed E-state index contributed by atoms with van der Waals surface area (Å²) >= 11 is 6.46. The lowest BCUT2D eigenvalue weighted by Crippen LogP contribution is -2.09. The molecule has 4 aromatic rings. The molecule has 1 aromatic carbocycles. The normalized spacial score (nSPS) is 12.2. The number of alkyl halides is 3. The van der Waals surface area contributed by atoms with Gasteiger partial charge < -0.3 is 8.97 Å². The number of benzene rings is 1. The molecule has 0 unspecified atom stereocenters. The second kappa shape index (κ2) is 5.85. The van der Waals surface area contributed by atoms with Crippen molar-refractivity contribution in [3.05, 3.63) is 58.6 Å². The summed E-state index contributed by atoms with van der Waals surface area (Å²) in [7, 11) is 1.64. The number of aryl methyl sites for hydroxylation is 2. The third-order valence-electron chi connectivity index (χ3n) is 4.76. The van der Waals surface area contributed by atoms with Gasteiger partial charge in [0.25, 0.3) is 0 Å². The summed E-state index contributed by atoms with van der Waals surface area (Å²) in [5.41, 5.74) is 0.715. The molecule has 3 aromatic heterocycles. The minimum atomic E-state index is -4.61. The zero-order valence-corrected chi connectivity index (χ0v) is 15.1. The molecule has 0 aliphatic carbocycles. The Morgan fingerprint density at radius 2 is 1.93 bits per heavy atom. The van der Waals surface area contributed by atoms with Crippen LogP contribution in [0.5, 0.6) is 0 Å². The van der Waals surface area contributed by atoms with Crippen LogP contribution in [0.15, 0.2) is 36.5 Å². The Bertz CT molecular complexity index is 1220. The summed E-state index contributed by atoms with van der Waals surface area (Å²) < 4.78 is 44.8. The first kappa shape index (κ1) is 17.6. The van der Waals surface area contributed by atoms with Crippen LogP contribution < -0.4 is 0 Å². The van der Waals surface area contributed by atoms with Crippen LogP contribution in [0.2, 0.25) is 5.02 Å². The summed E-state index contributed by atoms with van der Waals surface area (Å²) in [5.74, 6) is 0.557. The lowest BCUT2D eigenvalue weighted by molar-refractivity contribution is -0.137. The van der Waals surface area contributed by atoms with Gasteiger partial charge in [0.15, 0.2) is 6.29 Å². The van der Waals surface area contributed by atoms with Gasteiger partial charge in [-0.05, 0) is 31.2 Å². The zero-order valence-electron chi connectivity index (χ0n) is 14.3. The van der Waals surface area contributed by atoms with Gasteiger partial charge in [0.1, 0.15) is 11.3 Å². The Balaban J connectivity index is 2.18. The van der Waals surface area contributed by atoms with E-state index in [2.05, 4.69) is 4.98 Å². The largest absolute Gasteiger partial charge is 0.417 e. The molecule has 0 N–H and O–H groups in total. The molecular weight excluding hydrogens is 379 g/mol. The number of aldehydes is 1. The molecular formula is C19H13ClF3N3O. The van der Waals surface area contributed by atoms with Gasteiger partial charge in [-0.3, -0.25) is 4.79 Å². The highest BCUT2D eigenvalue weighted by atomic mass is 35.5. The van der Waals surface area contributed by atoms with Crippen molar-refractivity contribution >= 4 is 34.4 Å². The molecule has 0 saturated heterocycles. The molecule has 0 aliphatic rings. The molecule has 138 valence electrons. The number of hydrogen-bond donors (Lipinski definition) is 0. The van der Waals surface area contributed by atoms with Crippen molar-refractivity contribution in [2.45, 2.75) is 13.1 Å². The Labute approximate surface area is 156 Å². The second-order valence-electron chi connectivity index (χ2n) is 6.25.